The SMILES string of the molecule is Cc1noc(C)c1COc1ccc(CC(=O)N2C[C@H](C)O[C@@H](C)C2)cc1. The van der Waals surface area contributed by atoms with E-state index >= 15 is 0 Å². The number of ether oxygens (including phenoxy) is 2. The molecule has 0 aliphatic carbocycles. The zero-order valence-electron chi connectivity index (χ0n) is 15.8. The molecule has 26 heavy (non-hydrogen) atoms. The number of hydrogen-bond donors (Lipinski definition) is 0. The van der Waals surface area contributed by atoms with E-state index in [2.05, 4.69) is 5.16 Å². The van der Waals surface area contributed by atoms with E-state index in [4.69, 9.17) is 14.0 Å². The smallest absolute Gasteiger partial charge is 0.227 e. The highest BCUT2D eigenvalue weighted by Crippen LogP contribution is 2.19. The number of nitrogens with zero attached hydrogens (tertiary/aromatic N) is 2. The van der Waals surface area contributed by atoms with Gasteiger partial charge in [0.25, 0.3) is 0 Å². The first kappa shape index (κ1) is 18.5. The molecule has 1 aliphatic rings. The van der Waals surface area contributed by atoms with E-state index in [1.165, 1.54) is 0 Å². The molecule has 0 spiro atoms. The van der Waals surface area contributed by atoms with E-state index in [9.17, 15) is 4.79 Å². The molecule has 2 aromatic rings. The van der Waals surface area contributed by atoms with Crippen LogP contribution in [0, 0.1) is 13.8 Å². The fourth-order valence-corrected chi connectivity index (χ4v) is 3.23. The molecule has 2 atom stereocenters. The lowest BCUT2D eigenvalue weighted by atomic mass is 10.1. The number of carbonyl (C=O) groups excluding carboxylic acids is 1. The van der Waals surface area contributed by atoms with Gasteiger partial charge in [0.1, 0.15) is 18.1 Å². The van der Waals surface area contributed by atoms with Gasteiger partial charge in [0.05, 0.1) is 29.9 Å². The van der Waals surface area contributed by atoms with Crippen LogP contribution in [0.4, 0.5) is 0 Å². The molecule has 0 unspecified atom stereocenters. The number of benzene rings is 1. The summed E-state index contributed by atoms with van der Waals surface area (Å²) in [6.07, 6.45) is 0.564. The summed E-state index contributed by atoms with van der Waals surface area (Å²) in [5, 5.41) is 3.92. The molecule has 6 heteroatoms. The third-order valence-corrected chi connectivity index (χ3v) is 4.62. The Bertz CT molecular complexity index is 724. The van der Waals surface area contributed by atoms with Crippen molar-refractivity contribution < 1.29 is 18.8 Å². The molecule has 0 saturated carbocycles. The van der Waals surface area contributed by atoms with Crippen LogP contribution in [-0.4, -0.2) is 41.3 Å². The van der Waals surface area contributed by atoms with Crippen molar-refractivity contribution in [2.45, 2.75) is 52.9 Å². The standard InChI is InChI=1S/C20H26N2O4/c1-13-10-22(11-14(2)25-13)20(23)9-17-5-7-18(8-6-17)24-12-19-15(3)21-26-16(19)4/h5-8,13-14H,9-12H2,1-4H3/t13-,14-/m0/s1. The van der Waals surface area contributed by atoms with Crippen molar-refractivity contribution >= 4 is 5.91 Å². The van der Waals surface area contributed by atoms with Gasteiger partial charge < -0.3 is 18.9 Å². The Labute approximate surface area is 154 Å². The zero-order chi connectivity index (χ0) is 18.7. The molecule has 1 aromatic carbocycles. The van der Waals surface area contributed by atoms with Crippen LogP contribution in [0.1, 0.15) is 36.4 Å². The topological polar surface area (TPSA) is 64.8 Å². The maximum atomic E-state index is 12.5. The lowest BCUT2D eigenvalue weighted by Gasteiger charge is -2.35. The largest absolute Gasteiger partial charge is 0.489 e. The van der Waals surface area contributed by atoms with Crippen LogP contribution in [0.5, 0.6) is 5.75 Å². The minimum absolute atomic E-state index is 0.0859. The van der Waals surface area contributed by atoms with E-state index in [1.54, 1.807) is 0 Å². The normalized spacial score (nSPS) is 20.2. The summed E-state index contributed by atoms with van der Waals surface area (Å²) in [4.78, 5) is 14.4. The molecule has 0 N–H and O–H groups in total. The number of rotatable bonds is 5. The molecule has 140 valence electrons. The summed E-state index contributed by atoms with van der Waals surface area (Å²) in [5.41, 5.74) is 2.80. The van der Waals surface area contributed by atoms with Crippen molar-refractivity contribution in [3.05, 3.63) is 46.8 Å². The summed E-state index contributed by atoms with van der Waals surface area (Å²) >= 11 is 0. The van der Waals surface area contributed by atoms with Crippen LogP contribution in [0.3, 0.4) is 0 Å². The quantitative estimate of drug-likeness (QED) is 0.822. The number of aromatic nitrogens is 1. The molecular weight excluding hydrogens is 332 g/mol. The van der Waals surface area contributed by atoms with Gasteiger partial charge in [-0.3, -0.25) is 4.79 Å². The van der Waals surface area contributed by atoms with Crippen molar-refractivity contribution in [2.75, 3.05) is 13.1 Å². The van der Waals surface area contributed by atoms with Gasteiger partial charge >= 0.3 is 0 Å². The third-order valence-electron chi connectivity index (χ3n) is 4.62. The summed E-state index contributed by atoms with van der Waals surface area (Å²) in [7, 11) is 0. The van der Waals surface area contributed by atoms with Crippen molar-refractivity contribution in [1.29, 1.82) is 0 Å². The van der Waals surface area contributed by atoms with Crippen molar-refractivity contribution in [3.63, 3.8) is 0 Å². The van der Waals surface area contributed by atoms with Gasteiger partial charge in [-0.25, -0.2) is 0 Å². The second-order valence-electron chi connectivity index (χ2n) is 6.97. The molecule has 1 aromatic heterocycles. The van der Waals surface area contributed by atoms with Crippen LogP contribution >= 0.6 is 0 Å². The Kier molecular flexibility index (Phi) is 5.61. The maximum Gasteiger partial charge on any atom is 0.227 e. The highest BCUT2D eigenvalue weighted by atomic mass is 16.5. The molecule has 1 fully saturated rings. The Morgan fingerprint density at radius 1 is 1.19 bits per heavy atom. The van der Waals surface area contributed by atoms with Gasteiger partial charge in [0.15, 0.2) is 0 Å². The number of hydrogen-bond acceptors (Lipinski definition) is 5. The average Bonchev–Trinajstić information content (AvgIpc) is 2.91. The van der Waals surface area contributed by atoms with Gasteiger partial charge in [0, 0.05) is 13.1 Å². The summed E-state index contributed by atoms with van der Waals surface area (Å²) in [6, 6.07) is 7.67. The number of carbonyl (C=O) groups is 1. The van der Waals surface area contributed by atoms with Gasteiger partial charge in [-0.15, -0.1) is 0 Å². The monoisotopic (exact) mass is 358 g/mol. The van der Waals surface area contributed by atoms with Gasteiger partial charge in [-0.1, -0.05) is 17.3 Å². The molecule has 1 aliphatic heterocycles. The maximum absolute atomic E-state index is 12.5. The van der Waals surface area contributed by atoms with Gasteiger partial charge in [-0.05, 0) is 45.4 Å². The molecule has 1 saturated heterocycles. The predicted molar refractivity (Wildman–Crippen MR) is 97.0 cm³/mol. The Balaban J connectivity index is 1.55. The molecule has 6 nitrogen and oxygen atoms in total. The summed E-state index contributed by atoms with van der Waals surface area (Å²) in [6.45, 7) is 9.51. The van der Waals surface area contributed by atoms with E-state index in [-0.39, 0.29) is 18.1 Å². The molecule has 1 amide bonds. The number of amides is 1. The highest BCUT2D eigenvalue weighted by Gasteiger charge is 2.25. The van der Waals surface area contributed by atoms with Crippen LogP contribution in [-0.2, 0) is 22.6 Å². The highest BCUT2D eigenvalue weighted by molar-refractivity contribution is 5.79. The molecule has 0 bridgehead atoms. The van der Waals surface area contributed by atoms with Gasteiger partial charge in [0.2, 0.25) is 5.91 Å². The fraction of sp³-hybridized carbons (Fsp3) is 0.500. The van der Waals surface area contributed by atoms with Gasteiger partial charge in [-0.2, -0.15) is 0 Å². The second kappa shape index (κ2) is 7.91. The van der Waals surface area contributed by atoms with Crippen molar-refractivity contribution in [1.82, 2.24) is 10.1 Å². The Morgan fingerprint density at radius 2 is 1.85 bits per heavy atom. The Morgan fingerprint density at radius 3 is 2.42 bits per heavy atom. The van der Waals surface area contributed by atoms with E-state index in [0.717, 1.165) is 28.3 Å². The average molecular weight is 358 g/mol. The lowest BCUT2D eigenvalue weighted by molar-refractivity contribution is -0.142. The van der Waals surface area contributed by atoms with Crippen LogP contribution in [0.2, 0.25) is 0 Å². The van der Waals surface area contributed by atoms with Crippen molar-refractivity contribution in [2.24, 2.45) is 0 Å². The zero-order valence-corrected chi connectivity index (χ0v) is 15.8. The third kappa shape index (κ3) is 4.43. The minimum Gasteiger partial charge on any atom is -0.489 e. The molecular formula is C20H26N2O4. The van der Waals surface area contributed by atoms with Crippen LogP contribution in [0.25, 0.3) is 0 Å². The van der Waals surface area contributed by atoms with Crippen LogP contribution < -0.4 is 4.74 Å². The molecule has 2 heterocycles. The summed E-state index contributed by atoms with van der Waals surface area (Å²) in [5.74, 6) is 1.67. The first-order valence-electron chi connectivity index (χ1n) is 8.99. The lowest BCUT2D eigenvalue weighted by Crippen LogP contribution is -2.48. The first-order valence-corrected chi connectivity index (χ1v) is 8.99. The Hall–Kier alpha value is -2.34. The number of morpholine rings is 1. The molecule has 3 rings (SSSR count). The fourth-order valence-electron chi connectivity index (χ4n) is 3.23. The second-order valence-corrected chi connectivity index (χ2v) is 6.97. The summed E-state index contributed by atoms with van der Waals surface area (Å²) < 4.78 is 16.6. The predicted octanol–water partition coefficient (Wildman–Crippen LogP) is 3.05. The minimum atomic E-state index is 0.0859. The van der Waals surface area contributed by atoms with Crippen LogP contribution in [0.15, 0.2) is 28.8 Å². The number of aryl methyl sites for hydroxylation is 2. The van der Waals surface area contributed by atoms with E-state index < -0.39 is 0 Å². The van der Waals surface area contributed by atoms with Crippen molar-refractivity contribution in [3.8, 4) is 5.75 Å². The van der Waals surface area contributed by atoms with E-state index in [0.29, 0.717) is 26.1 Å². The molecule has 0 radical (unpaired) electrons. The van der Waals surface area contributed by atoms with E-state index in [1.807, 2.05) is 56.9 Å². The first-order chi connectivity index (χ1) is 12.4.